The third-order valence-corrected chi connectivity index (χ3v) is 2.49. The maximum Gasteiger partial charge on any atom is 0.302 e. The SMILES string of the molecule is COC1O[C@H](C)[C@@H](OC(C)=O)C[C@H]1OC. The molecular weight excluding hydrogens is 200 g/mol. The van der Waals surface area contributed by atoms with Crippen molar-refractivity contribution in [2.45, 2.75) is 44.9 Å². The number of methoxy groups -OCH3 is 2. The van der Waals surface area contributed by atoms with Gasteiger partial charge in [0.15, 0.2) is 6.29 Å². The van der Waals surface area contributed by atoms with Gasteiger partial charge in [-0.3, -0.25) is 4.79 Å². The van der Waals surface area contributed by atoms with Crippen LogP contribution >= 0.6 is 0 Å². The van der Waals surface area contributed by atoms with Crippen LogP contribution in [0.25, 0.3) is 0 Å². The molecule has 0 aromatic carbocycles. The van der Waals surface area contributed by atoms with E-state index < -0.39 is 6.29 Å². The molecule has 0 spiro atoms. The van der Waals surface area contributed by atoms with E-state index in [-0.39, 0.29) is 24.3 Å². The molecule has 0 aromatic heterocycles. The van der Waals surface area contributed by atoms with Crippen molar-refractivity contribution in [3.63, 3.8) is 0 Å². The van der Waals surface area contributed by atoms with E-state index in [1.807, 2.05) is 6.92 Å². The van der Waals surface area contributed by atoms with Crippen LogP contribution in [-0.2, 0) is 23.7 Å². The largest absolute Gasteiger partial charge is 0.460 e. The highest BCUT2D eigenvalue weighted by Gasteiger charge is 2.37. The summed E-state index contributed by atoms with van der Waals surface area (Å²) in [6.45, 7) is 3.24. The van der Waals surface area contributed by atoms with Gasteiger partial charge in [-0.05, 0) is 6.92 Å². The van der Waals surface area contributed by atoms with Gasteiger partial charge in [-0.2, -0.15) is 0 Å². The van der Waals surface area contributed by atoms with E-state index in [0.717, 1.165) is 0 Å². The Labute approximate surface area is 89.6 Å². The number of carbonyl (C=O) groups is 1. The van der Waals surface area contributed by atoms with Gasteiger partial charge in [0.25, 0.3) is 0 Å². The summed E-state index contributed by atoms with van der Waals surface area (Å²) in [7, 11) is 3.15. The molecule has 0 amide bonds. The molecule has 0 saturated carbocycles. The number of hydrogen-bond donors (Lipinski definition) is 0. The molecule has 88 valence electrons. The van der Waals surface area contributed by atoms with Crippen LogP contribution in [0.15, 0.2) is 0 Å². The summed E-state index contributed by atoms with van der Waals surface area (Å²) in [6.07, 6.45) is -0.438. The lowest BCUT2D eigenvalue weighted by Gasteiger charge is -2.37. The van der Waals surface area contributed by atoms with Crippen molar-refractivity contribution in [1.82, 2.24) is 0 Å². The van der Waals surface area contributed by atoms with Crippen molar-refractivity contribution < 1.29 is 23.7 Å². The summed E-state index contributed by atoms with van der Waals surface area (Å²) >= 11 is 0. The van der Waals surface area contributed by atoms with Crippen LogP contribution in [0.4, 0.5) is 0 Å². The molecule has 1 aliphatic rings. The highest BCUT2D eigenvalue weighted by Crippen LogP contribution is 2.24. The Kier molecular flexibility index (Phi) is 4.50. The molecule has 5 nitrogen and oxygen atoms in total. The predicted molar refractivity (Wildman–Crippen MR) is 52.3 cm³/mol. The summed E-state index contributed by atoms with van der Waals surface area (Å²) in [4.78, 5) is 10.9. The first kappa shape index (κ1) is 12.4. The molecule has 15 heavy (non-hydrogen) atoms. The number of rotatable bonds is 3. The van der Waals surface area contributed by atoms with Crippen molar-refractivity contribution in [1.29, 1.82) is 0 Å². The number of hydrogen-bond acceptors (Lipinski definition) is 5. The minimum Gasteiger partial charge on any atom is -0.460 e. The number of carbonyl (C=O) groups excluding carboxylic acids is 1. The minimum atomic E-state index is -0.392. The van der Waals surface area contributed by atoms with Crippen LogP contribution in [-0.4, -0.2) is 44.8 Å². The van der Waals surface area contributed by atoms with Crippen molar-refractivity contribution >= 4 is 5.97 Å². The normalized spacial score (nSPS) is 36.3. The maximum absolute atomic E-state index is 10.9. The highest BCUT2D eigenvalue weighted by atomic mass is 16.7. The van der Waals surface area contributed by atoms with Gasteiger partial charge >= 0.3 is 5.97 Å². The van der Waals surface area contributed by atoms with E-state index in [0.29, 0.717) is 6.42 Å². The van der Waals surface area contributed by atoms with E-state index in [4.69, 9.17) is 18.9 Å². The fourth-order valence-corrected chi connectivity index (χ4v) is 1.69. The topological polar surface area (TPSA) is 54.0 Å². The molecule has 4 atom stereocenters. The van der Waals surface area contributed by atoms with Crippen LogP contribution in [0.2, 0.25) is 0 Å². The van der Waals surface area contributed by atoms with Gasteiger partial charge in [0.05, 0.1) is 6.10 Å². The van der Waals surface area contributed by atoms with Crippen LogP contribution in [0.5, 0.6) is 0 Å². The fourth-order valence-electron chi connectivity index (χ4n) is 1.69. The van der Waals surface area contributed by atoms with E-state index >= 15 is 0 Å². The first-order chi connectivity index (χ1) is 7.08. The lowest BCUT2D eigenvalue weighted by molar-refractivity contribution is -0.260. The van der Waals surface area contributed by atoms with Crippen molar-refractivity contribution in [2.75, 3.05) is 14.2 Å². The van der Waals surface area contributed by atoms with Crippen LogP contribution < -0.4 is 0 Å². The van der Waals surface area contributed by atoms with E-state index in [9.17, 15) is 4.79 Å². The fraction of sp³-hybridized carbons (Fsp3) is 0.900. The van der Waals surface area contributed by atoms with E-state index in [1.54, 1.807) is 14.2 Å². The monoisotopic (exact) mass is 218 g/mol. The minimum absolute atomic E-state index is 0.176. The molecule has 1 aliphatic heterocycles. The van der Waals surface area contributed by atoms with Gasteiger partial charge in [0.1, 0.15) is 12.2 Å². The summed E-state index contributed by atoms with van der Waals surface area (Å²) in [5.74, 6) is -0.304. The lowest BCUT2D eigenvalue weighted by atomic mass is 10.0. The summed E-state index contributed by atoms with van der Waals surface area (Å²) in [5.41, 5.74) is 0. The van der Waals surface area contributed by atoms with Crippen molar-refractivity contribution in [3.8, 4) is 0 Å². The molecule has 1 rings (SSSR count). The summed E-state index contributed by atoms with van der Waals surface area (Å²) in [6, 6.07) is 0. The molecule has 1 fully saturated rings. The van der Waals surface area contributed by atoms with Gasteiger partial charge in [-0.25, -0.2) is 0 Å². The summed E-state index contributed by atoms with van der Waals surface area (Å²) in [5, 5.41) is 0. The molecule has 1 unspecified atom stereocenters. The Balaban J connectivity index is 2.58. The Morgan fingerprint density at radius 3 is 2.40 bits per heavy atom. The van der Waals surface area contributed by atoms with Gasteiger partial charge < -0.3 is 18.9 Å². The first-order valence-corrected chi connectivity index (χ1v) is 4.96. The quantitative estimate of drug-likeness (QED) is 0.653. The van der Waals surface area contributed by atoms with Crippen molar-refractivity contribution in [2.24, 2.45) is 0 Å². The van der Waals surface area contributed by atoms with Crippen LogP contribution in [0.3, 0.4) is 0 Å². The van der Waals surface area contributed by atoms with Gasteiger partial charge in [0.2, 0.25) is 0 Å². The maximum atomic E-state index is 10.9. The first-order valence-electron chi connectivity index (χ1n) is 4.96. The molecule has 5 heteroatoms. The third kappa shape index (κ3) is 3.15. The Hall–Kier alpha value is -0.650. The average Bonchev–Trinajstić information content (AvgIpc) is 2.19. The van der Waals surface area contributed by atoms with E-state index in [1.165, 1.54) is 6.92 Å². The van der Waals surface area contributed by atoms with Crippen LogP contribution in [0, 0.1) is 0 Å². The zero-order valence-corrected chi connectivity index (χ0v) is 9.56. The van der Waals surface area contributed by atoms with Gasteiger partial charge in [0, 0.05) is 27.6 Å². The highest BCUT2D eigenvalue weighted by molar-refractivity contribution is 5.66. The molecule has 0 aromatic rings. The Morgan fingerprint density at radius 1 is 1.27 bits per heavy atom. The average molecular weight is 218 g/mol. The molecule has 0 bridgehead atoms. The third-order valence-electron chi connectivity index (χ3n) is 2.49. The smallest absolute Gasteiger partial charge is 0.302 e. The summed E-state index contributed by atoms with van der Waals surface area (Å²) < 4.78 is 21.0. The predicted octanol–water partition coefficient (Wildman–Crippen LogP) is 0.714. The van der Waals surface area contributed by atoms with Gasteiger partial charge in [-0.15, -0.1) is 0 Å². The molecule has 0 radical (unpaired) electrons. The number of ether oxygens (including phenoxy) is 4. The van der Waals surface area contributed by atoms with E-state index in [2.05, 4.69) is 0 Å². The standard InChI is InChI=1S/C10H18O5/c1-6-8(15-7(2)11)5-9(12-3)10(13-4)14-6/h6,8-10H,5H2,1-4H3/t6-,8+,9-,10?/m1/s1. The Bertz CT molecular complexity index is 218. The molecule has 1 heterocycles. The zero-order chi connectivity index (χ0) is 11.4. The van der Waals surface area contributed by atoms with Gasteiger partial charge in [-0.1, -0.05) is 0 Å². The number of esters is 1. The second-order valence-corrected chi connectivity index (χ2v) is 3.60. The molecule has 1 saturated heterocycles. The Morgan fingerprint density at radius 2 is 1.93 bits per heavy atom. The second kappa shape index (κ2) is 5.44. The molecular formula is C10H18O5. The molecule has 0 aliphatic carbocycles. The second-order valence-electron chi connectivity index (χ2n) is 3.60. The van der Waals surface area contributed by atoms with Crippen LogP contribution in [0.1, 0.15) is 20.3 Å². The lowest BCUT2D eigenvalue weighted by Crippen LogP contribution is -2.49. The molecule has 0 N–H and O–H groups in total. The zero-order valence-electron chi connectivity index (χ0n) is 9.56. The van der Waals surface area contributed by atoms with Crippen molar-refractivity contribution in [3.05, 3.63) is 0 Å².